The van der Waals surface area contributed by atoms with Crippen molar-refractivity contribution in [3.05, 3.63) is 29.6 Å². The summed E-state index contributed by atoms with van der Waals surface area (Å²) in [7, 11) is 0. The molecule has 1 aliphatic heterocycles. The van der Waals surface area contributed by atoms with Gasteiger partial charge in [-0.25, -0.2) is 4.39 Å². The Morgan fingerprint density at radius 1 is 1.50 bits per heavy atom. The molecule has 0 bridgehead atoms. The van der Waals surface area contributed by atoms with E-state index in [0.29, 0.717) is 25.5 Å². The van der Waals surface area contributed by atoms with Gasteiger partial charge < -0.3 is 20.5 Å². The van der Waals surface area contributed by atoms with Gasteiger partial charge in [-0.05, 0) is 18.2 Å². The highest BCUT2D eigenvalue weighted by molar-refractivity contribution is 5.95. The van der Waals surface area contributed by atoms with Crippen molar-refractivity contribution in [3.8, 4) is 0 Å². The van der Waals surface area contributed by atoms with Gasteiger partial charge in [0.25, 0.3) is 5.91 Å². The largest absolute Gasteiger partial charge is 0.399 e. The fourth-order valence-corrected chi connectivity index (χ4v) is 1.67. The van der Waals surface area contributed by atoms with E-state index in [2.05, 4.69) is 5.32 Å². The number of nitrogens with one attached hydrogen (secondary N) is 1. The molecular formula is C12H15FN2O3. The van der Waals surface area contributed by atoms with Crippen LogP contribution in [0.25, 0.3) is 0 Å². The van der Waals surface area contributed by atoms with Crippen LogP contribution in [-0.2, 0) is 9.47 Å². The van der Waals surface area contributed by atoms with Crippen LogP contribution in [0.3, 0.4) is 0 Å². The summed E-state index contributed by atoms with van der Waals surface area (Å²) in [6.07, 6.45) is -0.188. The molecule has 1 amide bonds. The highest BCUT2D eigenvalue weighted by atomic mass is 19.1. The first-order chi connectivity index (χ1) is 8.66. The average Bonchev–Trinajstić information content (AvgIpc) is 2.40. The molecule has 98 valence electrons. The number of anilines is 1. The first-order valence-corrected chi connectivity index (χ1v) is 5.69. The van der Waals surface area contributed by atoms with Crippen LogP contribution in [-0.4, -0.2) is 38.4 Å². The maximum atomic E-state index is 13.4. The van der Waals surface area contributed by atoms with Gasteiger partial charge in [-0.15, -0.1) is 0 Å². The summed E-state index contributed by atoms with van der Waals surface area (Å²) < 4.78 is 24.0. The second-order valence-electron chi connectivity index (χ2n) is 4.02. The van der Waals surface area contributed by atoms with Gasteiger partial charge in [0.1, 0.15) is 5.82 Å². The average molecular weight is 254 g/mol. The Morgan fingerprint density at radius 2 is 2.33 bits per heavy atom. The summed E-state index contributed by atoms with van der Waals surface area (Å²) in [5, 5.41) is 2.60. The highest BCUT2D eigenvalue weighted by Gasteiger charge is 2.17. The number of halogens is 1. The predicted octanol–water partition coefficient (Wildman–Crippen LogP) is 0.553. The van der Waals surface area contributed by atoms with Crippen molar-refractivity contribution in [2.45, 2.75) is 6.10 Å². The van der Waals surface area contributed by atoms with Crippen LogP contribution in [0.1, 0.15) is 10.4 Å². The lowest BCUT2D eigenvalue weighted by Crippen LogP contribution is -2.39. The molecule has 0 spiro atoms. The van der Waals surface area contributed by atoms with Crippen LogP contribution >= 0.6 is 0 Å². The number of hydrogen-bond acceptors (Lipinski definition) is 4. The van der Waals surface area contributed by atoms with Crippen molar-refractivity contribution in [1.82, 2.24) is 5.32 Å². The number of carbonyl (C=O) groups excluding carboxylic acids is 1. The van der Waals surface area contributed by atoms with E-state index in [1.807, 2.05) is 0 Å². The van der Waals surface area contributed by atoms with Crippen molar-refractivity contribution < 1.29 is 18.7 Å². The lowest BCUT2D eigenvalue weighted by Gasteiger charge is -2.23. The number of nitrogens with two attached hydrogens (primary N) is 1. The van der Waals surface area contributed by atoms with Gasteiger partial charge >= 0.3 is 0 Å². The molecule has 1 fully saturated rings. The van der Waals surface area contributed by atoms with Crippen molar-refractivity contribution in [1.29, 1.82) is 0 Å². The van der Waals surface area contributed by atoms with E-state index >= 15 is 0 Å². The Bertz CT molecular complexity index is 433. The monoisotopic (exact) mass is 254 g/mol. The quantitative estimate of drug-likeness (QED) is 0.773. The summed E-state index contributed by atoms with van der Waals surface area (Å²) in [6, 6.07) is 3.89. The van der Waals surface area contributed by atoms with Crippen LogP contribution in [0.2, 0.25) is 0 Å². The lowest BCUT2D eigenvalue weighted by molar-refractivity contribution is -0.0855. The molecule has 0 aliphatic carbocycles. The summed E-state index contributed by atoms with van der Waals surface area (Å²) >= 11 is 0. The number of amides is 1. The summed E-state index contributed by atoms with van der Waals surface area (Å²) in [6.45, 7) is 1.79. The molecule has 2 rings (SSSR count). The number of hydrogen-bond donors (Lipinski definition) is 2. The molecule has 0 radical (unpaired) electrons. The maximum absolute atomic E-state index is 13.4. The number of benzene rings is 1. The second kappa shape index (κ2) is 5.79. The Kier molecular flexibility index (Phi) is 4.11. The standard InChI is InChI=1S/C12H15FN2O3/c13-11-2-1-8(14)5-10(11)12(16)15-6-9-7-17-3-4-18-9/h1-2,5,9H,3-4,6-7,14H2,(H,15,16). The first kappa shape index (κ1) is 12.8. The van der Waals surface area contributed by atoms with Crippen molar-refractivity contribution in [2.75, 3.05) is 32.1 Å². The molecule has 5 nitrogen and oxygen atoms in total. The summed E-state index contributed by atoms with van der Waals surface area (Å²) in [5.74, 6) is -1.10. The van der Waals surface area contributed by atoms with Gasteiger partial charge in [0.05, 0.1) is 31.5 Å². The summed E-state index contributed by atoms with van der Waals surface area (Å²) in [5.41, 5.74) is 5.80. The number of nitrogen functional groups attached to an aromatic ring is 1. The van der Waals surface area contributed by atoms with Gasteiger partial charge in [0, 0.05) is 12.2 Å². The van der Waals surface area contributed by atoms with Crippen LogP contribution in [0.4, 0.5) is 10.1 Å². The Hall–Kier alpha value is -1.66. The summed E-state index contributed by atoms with van der Waals surface area (Å²) in [4.78, 5) is 11.8. The van der Waals surface area contributed by atoms with E-state index in [4.69, 9.17) is 15.2 Å². The van der Waals surface area contributed by atoms with Crippen LogP contribution < -0.4 is 11.1 Å². The molecule has 1 unspecified atom stereocenters. The van der Waals surface area contributed by atoms with E-state index in [1.165, 1.54) is 18.2 Å². The molecule has 0 saturated carbocycles. The Morgan fingerprint density at radius 3 is 3.06 bits per heavy atom. The fraction of sp³-hybridized carbons (Fsp3) is 0.417. The lowest BCUT2D eigenvalue weighted by atomic mass is 10.1. The van der Waals surface area contributed by atoms with E-state index in [-0.39, 0.29) is 18.2 Å². The molecule has 1 aromatic rings. The number of ether oxygens (including phenoxy) is 2. The third-order valence-electron chi connectivity index (χ3n) is 2.61. The maximum Gasteiger partial charge on any atom is 0.254 e. The van der Waals surface area contributed by atoms with Crippen molar-refractivity contribution >= 4 is 11.6 Å². The molecule has 1 aromatic carbocycles. The van der Waals surface area contributed by atoms with Crippen molar-refractivity contribution in [3.63, 3.8) is 0 Å². The predicted molar refractivity (Wildman–Crippen MR) is 63.7 cm³/mol. The molecule has 6 heteroatoms. The zero-order chi connectivity index (χ0) is 13.0. The normalized spacial score (nSPS) is 19.5. The van der Waals surface area contributed by atoms with E-state index < -0.39 is 11.7 Å². The first-order valence-electron chi connectivity index (χ1n) is 5.69. The smallest absolute Gasteiger partial charge is 0.254 e. The Labute approximate surface area is 104 Å². The topological polar surface area (TPSA) is 73.6 Å². The van der Waals surface area contributed by atoms with Gasteiger partial charge in [0.2, 0.25) is 0 Å². The minimum absolute atomic E-state index is 0.0632. The van der Waals surface area contributed by atoms with Crippen LogP contribution in [0.15, 0.2) is 18.2 Å². The molecule has 1 aliphatic rings. The van der Waals surface area contributed by atoms with Crippen LogP contribution in [0, 0.1) is 5.82 Å². The molecule has 1 heterocycles. The molecular weight excluding hydrogens is 239 g/mol. The molecule has 18 heavy (non-hydrogen) atoms. The fourth-order valence-electron chi connectivity index (χ4n) is 1.67. The zero-order valence-electron chi connectivity index (χ0n) is 9.82. The SMILES string of the molecule is Nc1ccc(F)c(C(=O)NCC2COCCO2)c1. The molecule has 1 atom stereocenters. The van der Waals surface area contributed by atoms with Gasteiger partial charge in [-0.1, -0.05) is 0 Å². The van der Waals surface area contributed by atoms with Gasteiger partial charge in [0.15, 0.2) is 0 Å². The van der Waals surface area contributed by atoms with Gasteiger partial charge in [-0.2, -0.15) is 0 Å². The van der Waals surface area contributed by atoms with E-state index in [1.54, 1.807) is 0 Å². The minimum Gasteiger partial charge on any atom is -0.399 e. The highest BCUT2D eigenvalue weighted by Crippen LogP contribution is 2.12. The third kappa shape index (κ3) is 3.18. The van der Waals surface area contributed by atoms with E-state index in [9.17, 15) is 9.18 Å². The van der Waals surface area contributed by atoms with Crippen LogP contribution in [0.5, 0.6) is 0 Å². The zero-order valence-corrected chi connectivity index (χ0v) is 9.82. The number of carbonyl (C=O) groups is 1. The number of rotatable bonds is 3. The molecule has 0 aromatic heterocycles. The third-order valence-corrected chi connectivity index (χ3v) is 2.61. The molecule has 3 N–H and O–H groups in total. The van der Waals surface area contributed by atoms with Gasteiger partial charge in [-0.3, -0.25) is 4.79 Å². The Balaban J connectivity index is 1.92. The van der Waals surface area contributed by atoms with E-state index in [0.717, 1.165) is 0 Å². The van der Waals surface area contributed by atoms with Crippen molar-refractivity contribution in [2.24, 2.45) is 0 Å². The molecule has 1 saturated heterocycles. The second-order valence-corrected chi connectivity index (χ2v) is 4.02. The minimum atomic E-state index is -0.595.